The first-order chi connectivity index (χ1) is 15.1. The van der Waals surface area contributed by atoms with Crippen LogP contribution < -0.4 is 5.56 Å². The fourth-order valence-corrected chi connectivity index (χ4v) is 5.30. The molecule has 3 saturated heterocycles. The van der Waals surface area contributed by atoms with Gasteiger partial charge in [0.15, 0.2) is 0 Å². The number of piperidine rings is 1. The molecule has 1 saturated carbocycles. The minimum atomic E-state index is -0.214. The molecule has 8 nitrogen and oxygen atoms in total. The van der Waals surface area contributed by atoms with Gasteiger partial charge in [-0.2, -0.15) is 0 Å². The molecule has 8 heteroatoms. The van der Waals surface area contributed by atoms with Crippen molar-refractivity contribution in [2.45, 2.75) is 63.5 Å². The first-order valence-corrected chi connectivity index (χ1v) is 11.8. The van der Waals surface area contributed by atoms with Gasteiger partial charge in [0.25, 0.3) is 5.56 Å². The largest absolute Gasteiger partial charge is 0.381 e. The van der Waals surface area contributed by atoms with Crippen LogP contribution in [0.2, 0.25) is 0 Å². The molecule has 1 aliphatic carbocycles. The Morgan fingerprint density at radius 3 is 2.48 bits per heavy atom. The van der Waals surface area contributed by atoms with E-state index >= 15 is 0 Å². The zero-order valence-electron chi connectivity index (χ0n) is 18.1. The Morgan fingerprint density at radius 2 is 1.81 bits per heavy atom. The fraction of sp³-hybridized carbons (Fsp3) is 0.739. The Labute approximate surface area is 182 Å². The highest BCUT2D eigenvalue weighted by Gasteiger charge is 2.40. The van der Waals surface area contributed by atoms with Crippen molar-refractivity contribution in [3.05, 3.63) is 28.4 Å². The number of nitrogens with zero attached hydrogens (tertiary/aromatic N) is 4. The minimum absolute atomic E-state index is 0.0353. The molecular formula is C23H32N4O4. The topological polar surface area (TPSA) is 84.7 Å². The molecule has 0 aromatic carbocycles. The van der Waals surface area contributed by atoms with Crippen LogP contribution in [0.15, 0.2) is 17.2 Å². The predicted molar refractivity (Wildman–Crippen MR) is 113 cm³/mol. The maximum absolute atomic E-state index is 13.1. The molecule has 0 N–H and O–H groups in total. The molecule has 0 radical (unpaired) electrons. The van der Waals surface area contributed by atoms with Crippen molar-refractivity contribution < 1.29 is 14.3 Å². The van der Waals surface area contributed by atoms with Gasteiger partial charge >= 0.3 is 0 Å². The summed E-state index contributed by atoms with van der Waals surface area (Å²) in [6.45, 7) is 4.02. The van der Waals surface area contributed by atoms with E-state index in [2.05, 4.69) is 4.98 Å². The predicted octanol–water partition coefficient (Wildman–Crippen LogP) is 1.39. The van der Waals surface area contributed by atoms with Gasteiger partial charge < -0.3 is 14.5 Å². The highest BCUT2D eigenvalue weighted by atomic mass is 16.5. The molecule has 168 valence electrons. The van der Waals surface area contributed by atoms with Crippen LogP contribution in [0.5, 0.6) is 0 Å². The van der Waals surface area contributed by atoms with E-state index < -0.39 is 0 Å². The molecule has 1 aromatic heterocycles. The maximum atomic E-state index is 13.1. The SMILES string of the molecule is O=C(C1CC(=O)N(C2CCOCC2)C1)N1CCC(Cn2cnc(C3CC3)cc2=O)CC1. The summed E-state index contributed by atoms with van der Waals surface area (Å²) in [4.78, 5) is 46.3. The summed E-state index contributed by atoms with van der Waals surface area (Å²) in [7, 11) is 0. The van der Waals surface area contributed by atoms with Gasteiger partial charge in [-0.15, -0.1) is 0 Å². The van der Waals surface area contributed by atoms with Gasteiger partial charge in [0.2, 0.25) is 11.8 Å². The summed E-state index contributed by atoms with van der Waals surface area (Å²) < 4.78 is 7.12. The molecule has 5 rings (SSSR count). The molecule has 4 aliphatic rings. The van der Waals surface area contributed by atoms with Crippen molar-refractivity contribution in [2.24, 2.45) is 11.8 Å². The highest BCUT2D eigenvalue weighted by molar-refractivity contribution is 5.89. The summed E-state index contributed by atoms with van der Waals surface area (Å²) in [5.74, 6) is 0.880. The van der Waals surface area contributed by atoms with Crippen molar-refractivity contribution in [3.8, 4) is 0 Å². The van der Waals surface area contributed by atoms with Crippen molar-refractivity contribution in [1.82, 2.24) is 19.4 Å². The van der Waals surface area contributed by atoms with Crippen molar-refractivity contribution in [1.29, 1.82) is 0 Å². The number of rotatable bonds is 5. The first kappa shape index (κ1) is 20.7. The molecule has 31 heavy (non-hydrogen) atoms. The average molecular weight is 429 g/mol. The van der Waals surface area contributed by atoms with Crippen LogP contribution in [0.4, 0.5) is 0 Å². The Hall–Kier alpha value is -2.22. The van der Waals surface area contributed by atoms with Crippen molar-refractivity contribution >= 4 is 11.8 Å². The summed E-state index contributed by atoms with van der Waals surface area (Å²) in [6, 6.07) is 1.92. The fourth-order valence-electron chi connectivity index (χ4n) is 5.30. The third kappa shape index (κ3) is 4.54. The van der Waals surface area contributed by atoms with Crippen molar-refractivity contribution in [3.63, 3.8) is 0 Å². The lowest BCUT2D eigenvalue weighted by Gasteiger charge is -2.34. The number of aromatic nitrogens is 2. The van der Waals surface area contributed by atoms with Crippen LogP contribution in [0.3, 0.4) is 0 Å². The normalized spacial score (nSPS) is 25.9. The van der Waals surface area contributed by atoms with Gasteiger partial charge in [-0.05, 0) is 44.4 Å². The second-order valence-electron chi connectivity index (χ2n) is 9.64. The molecule has 2 amide bonds. The molecule has 0 spiro atoms. The Bertz CT molecular complexity index is 882. The molecule has 1 unspecified atom stereocenters. The number of carbonyl (C=O) groups is 2. The zero-order chi connectivity index (χ0) is 21.4. The molecule has 4 fully saturated rings. The lowest BCUT2D eigenvalue weighted by atomic mass is 9.95. The summed E-state index contributed by atoms with van der Waals surface area (Å²) >= 11 is 0. The van der Waals surface area contributed by atoms with Crippen LogP contribution in [0, 0.1) is 11.8 Å². The second kappa shape index (κ2) is 8.73. The lowest BCUT2D eigenvalue weighted by Crippen LogP contribution is -2.44. The standard InChI is InChI=1S/C23H32N4O4/c28-21-12-20(17-1-2-17)24-15-26(21)13-16-3-7-25(8-4-16)23(30)18-11-22(29)27(14-18)19-5-9-31-10-6-19/h12,15-19H,1-11,13-14H2. The third-order valence-electron chi connectivity index (χ3n) is 7.42. The van der Waals surface area contributed by atoms with Gasteiger partial charge in [0, 0.05) is 63.8 Å². The number of likely N-dealkylation sites (tertiary alicyclic amines) is 2. The molecular weight excluding hydrogens is 396 g/mol. The van der Waals surface area contributed by atoms with Crippen molar-refractivity contribution in [2.75, 3.05) is 32.8 Å². The second-order valence-corrected chi connectivity index (χ2v) is 9.64. The van der Waals surface area contributed by atoms with Gasteiger partial charge in [-0.25, -0.2) is 4.98 Å². The van der Waals surface area contributed by atoms with E-state index in [-0.39, 0.29) is 29.3 Å². The molecule has 3 aliphatic heterocycles. The third-order valence-corrected chi connectivity index (χ3v) is 7.42. The van der Waals surface area contributed by atoms with Gasteiger partial charge in [-0.1, -0.05) is 0 Å². The number of ether oxygens (including phenoxy) is 1. The Morgan fingerprint density at radius 1 is 1.06 bits per heavy atom. The number of amides is 2. The van der Waals surface area contributed by atoms with Crippen LogP contribution in [-0.2, 0) is 20.9 Å². The highest BCUT2D eigenvalue weighted by Crippen LogP contribution is 2.38. The first-order valence-electron chi connectivity index (χ1n) is 11.8. The lowest BCUT2D eigenvalue weighted by molar-refractivity contribution is -0.137. The van der Waals surface area contributed by atoms with E-state index in [1.807, 2.05) is 9.80 Å². The Kier molecular flexibility index (Phi) is 5.82. The van der Waals surface area contributed by atoms with Crippen LogP contribution in [-0.4, -0.2) is 70.1 Å². The van der Waals surface area contributed by atoms with E-state index in [9.17, 15) is 14.4 Å². The quantitative estimate of drug-likeness (QED) is 0.708. The van der Waals surface area contributed by atoms with Crippen LogP contribution in [0.25, 0.3) is 0 Å². The van der Waals surface area contributed by atoms with E-state index in [0.717, 1.165) is 44.2 Å². The van der Waals surface area contributed by atoms with Gasteiger partial charge in [-0.3, -0.25) is 19.0 Å². The van der Waals surface area contributed by atoms with E-state index in [1.54, 1.807) is 17.0 Å². The van der Waals surface area contributed by atoms with Gasteiger partial charge in [0.05, 0.1) is 17.9 Å². The summed E-state index contributed by atoms with van der Waals surface area (Å²) in [6.07, 6.45) is 7.82. The van der Waals surface area contributed by atoms with E-state index in [1.165, 1.54) is 0 Å². The monoisotopic (exact) mass is 428 g/mol. The van der Waals surface area contributed by atoms with Gasteiger partial charge in [0.1, 0.15) is 0 Å². The molecule has 1 atom stereocenters. The zero-order valence-corrected chi connectivity index (χ0v) is 18.1. The molecule has 4 heterocycles. The summed E-state index contributed by atoms with van der Waals surface area (Å²) in [5.41, 5.74) is 0.968. The summed E-state index contributed by atoms with van der Waals surface area (Å²) in [5, 5.41) is 0. The van der Waals surface area contributed by atoms with Crippen LogP contribution >= 0.6 is 0 Å². The number of hydrogen-bond acceptors (Lipinski definition) is 5. The average Bonchev–Trinajstić information content (AvgIpc) is 3.57. The maximum Gasteiger partial charge on any atom is 0.253 e. The smallest absolute Gasteiger partial charge is 0.253 e. The Balaban J connectivity index is 1.12. The number of hydrogen-bond donors (Lipinski definition) is 0. The minimum Gasteiger partial charge on any atom is -0.381 e. The number of carbonyl (C=O) groups excluding carboxylic acids is 2. The van der Waals surface area contributed by atoms with E-state index in [4.69, 9.17) is 4.74 Å². The van der Waals surface area contributed by atoms with E-state index in [0.29, 0.717) is 57.6 Å². The molecule has 0 bridgehead atoms. The van der Waals surface area contributed by atoms with Crippen LogP contribution in [0.1, 0.15) is 56.6 Å². The molecule has 1 aromatic rings.